The Hall–Kier alpha value is -3.00. The van der Waals surface area contributed by atoms with E-state index in [1.807, 2.05) is 0 Å². The fourth-order valence-electron chi connectivity index (χ4n) is 2.12. The van der Waals surface area contributed by atoms with E-state index >= 15 is 0 Å². The van der Waals surface area contributed by atoms with Gasteiger partial charge in [-0.2, -0.15) is 14.9 Å². The van der Waals surface area contributed by atoms with Gasteiger partial charge in [0.05, 0.1) is 13.3 Å². The number of phenolic OH excluding ortho intramolecular Hbond substituents is 1. The molecule has 0 aliphatic heterocycles. The first-order chi connectivity index (χ1) is 11.6. The SMILES string of the molecule is COc1ccc(/C=N\n2c(-c3cccc(F)c3)n[nH]c2=S)cc1O. The molecule has 0 radical (unpaired) electrons. The largest absolute Gasteiger partial charge is 0.504 e. The van der Waals surface area contributed by atoms with Crippen molar-refractivity contribution < 1.29 is 14.2 Å². The van der Waals surface area contributed by atoms with E-state index < -0.39 is 0 Å². The Bertz CT molecular complexity index is 965. The Morgan fingerprint density at radius 2 is 2.17 bits per heavy atom. The number of phenols is 1. The smallest absolute Gasteiger partial charge is 0.216 e. The van der Waals surface area contributed by atoms with Gasteiger partial charge in [-0.15, -0.1) is 0 Å². The van der Waals surface area contributed by atoms with E-state index in [0.717, 1.165) is 0 Å². The van der Waals surface area contributed by atoms with Gasteiger partial charge in [0.25, 0.3) is 0 Å². The van der Waals surface area contributed by atoms with Crippen LogP contribution in [0.5, 0.6) is 11.5 Å². The van der Waals surface area contributed by atoms with Gasteiger partial charge in [0, 0.05) is 5.56 Å². The van der Waals surface area contributed by atoms with E-state index in [-0.39, 0.29) is 16.3 Å². The predicted molar refractivity (Wildman–Crippen MR) is 90.5 cm³/mol. The molecule has 3 aromatic rings. The van der Waals surface area contributed by atoms with E-state index in [9.17, 15) is 9.50 Å². The summed E-state index contributed by atoms with van der Waals surface area (Å²) in [6.07, 6.45) is 1.51. The number of rotatable bonds is 4. The third kappa shape index (κ3) is 3.18. The summed E-state index contributed by atoms with van der Waals surface area (Å²) in [4.78, 5) is 0. The normalized spacial score (nSPS) is 11.1. The summed E-state index contributed by atoms with van der Waals surface area (Å²) in [5, 5.41) is 20.8. The molecule has 0 fully saturated rings. The van der Waals surface area contributed by atoms with E-state index in [4.69, 9.17) is 17.0 Å². The van der Waals surface area contributed by atoms with Crippen LogP contribution >= 0.6 is 12.2 Å². The maximum Gasteiger partial charge on any atom is 0.216 e. The lowest BCUT2D eigenvalue weighted by atomic mass is 10.2. The van der Waals surface area contributed by atoms with Crippen LogP contribution in [0.15, 0.2) is 47.6 Å². The van der Waals surface area contributed by atoms with E-state index in [1.54, 1.807) is 24.3 Å². The topological polar surface area (TPSA) is 75.4 Å². The van der Waals surface area contributed by atoms with Gasteiger partial charge < -0.3 is 9.84 Å². The van der Waals surface area contributed by atoms with Crippen LogP contribution in [0.25, 0.3) is 11.4 Å². The van der Waals surface area contributed by atoms with Crippen molar-refractivity contribution in [3.8, 4) is 22.9 Å². The minimum absolute atomic E-state index is 0.00240. The lowest BCUT2D eigenvalue weighted by Crippen LogP contribution is -1.95. The molecule has 0 amide bonds. The minimum Gasteiger partial charge on any atom is -0.504 e. The molecule has 3 rings (SSSR count). The highest BCUT2D eigenvalue weighted by Crippen LogP contribution is 2.25. The van der Waals surface area contributed by atoms with E-state index in [1.165, 1.54) is 36.2 Å². The van der Waals surface area contributed by atoms with Gasteiger partial charge in [0.1, 0.15) is 5.82 Å². The van der Waals surface area contributed by atoms with Crippen LogP contribution in [-0.2, 0) is 0 Å². The summed E-state index contributed by atoms with van der Waals surface area (Å²) in [6, 6.07) is 10.8. The second-order valence-corrected chi connectivity index (χ2v) is 5.24. The molecule has 2 N–H and O–H groups in total. The summed E-state index contributed by atoms with van der Waals surface area (Å²) in [6.45, 7) is 0. The molecular weight excluding hydrogens is 331 g/mol. The second-order valence-electron chi connectivity index (χ2n) is 4.85. The summed E-state index contributed by atoms with van der Waals surface area (Å²) in [7, 11) is 1.47. The zero-order valence-electron chi connectivity index (χ0n) is 12.6. The van der Waals surface area contributed by atoms with Crippen molar-refractivity contribution in [3.63, 3.8) is 0 Å². The van der Waals surface area contributed by atoms with Crippen molar-refractivity contribution in [1.82, 2.24) is 14.9 Å². The Kier molecular flexibility index (Phi) is 4.39. The number of hydrogen-bond donors (Lipinski definition) is 2. The monoisotopic (exact) mass is 344 g/mol. The first kappa shape index (κ1) is 15.9. The summed E-state index contributed by atoms with van der Waals surface area (Å²) >= 11 is 5.15. The lowest BCUT2D eigenvalue weighted by molar-refractivity contribution is 0.373. The number of methoxy groups -OCH3 is 1. The molecule has 2 aromatic carbocycles. The Morgan fingerprint density at radius 1 is 1.33 bits per heavy atom. The maximum absolute atomic E-state index is 13.4. The van der Waals surface area contributed by atoms with Crippen LogP contribution in [0.2, 0.25) is 0 Å². The van der Waals surface area contributed by atoms with Gasteiger partial charge in [-0.05, 0) is 48.1 Å². The predicted octanol–water partition coefficient (Wildman–Crippen LogP) is 3.34. The van der Waals surface area contributed by atoms with Crippen molar-refractivity contribution in [1.29, 1.82) is 0 Å². The number of halogens is 1. The van der Waals surface area contributed by atoms with Crippen LogP contribution < -0.4 is 4.74 Å². The lowest BCUT2D eigenvalue weighted by Gasteiger charge is -2.04. The average molecular weight is 344 g/mol. The quantitative estimate of drug-likeness (QED) is 0.562. The molecule has 122 valence electrons. The van der Waals surface area contributed by atoms with Crippen LogP contribution in [0.3, 0.4) is 0 Å². The zero-order chi connectivity index (χ0) is 17.1. The minimum atomic E-state index is -0.378. The van der Waals surface area contributed by atoms with Gasteiger partial charge in [0.15, 0.2) is 17.3 Å². The molecule has 24 heavy (non-hydrogen) atoms. The number of ether oxygens (including phenoxy) is 1. The highest BCUT2D eigenvalue weighted by molar-refractivity contribution is 7.71. The first-order valence-electron chi connectivity index (χ1n) is 6.93. The number of nitrogens with zero attached hydrogens (tertiary/aromatic N) is 3. The molecule has 1 heterocycles. The summed E-state index contributed by atoms with van der Waals surface area (Å²) in [5.41, 5.74) is 1.18. The fourth-order valence-corrected chi connectivity index (χ4v) is 2.30. The molecule has 0 unspecified atom stereocenters. The van der Waals surface area contributed by atoms with E-state index in [2.05, 4.69) is 15.3 Å². The third-order valence-electron chi connectivity index (χ3n) is 3.26. The Labute approximate surface area is 141 Å². The number of aromatic nitrogens is 3. The molecule has 0 saturated carbocycles. The number of benzene rings is 2. The van der Waals surface area contributed by atoms with Gasteiger partial charge >= 0.3 is 0 Å². The molecule has 0 bridgehead atoms. The number of nitrogens with one attached hydrogen (secondary N) is 1. The molecule has 0 aliphatic rings. The molecule has 1 aromatic heterocycles. The molecule has 8 heteroatoms. The highest BCUT2D eigenvalue weighted by atomic mass is 32.1. The number of aromatic amines is 1. The van der Waals surface area contributed by atoms with E-state index in [0.29, 0.717) is 22.7 Å². The maximum atomic E-state index is 13.4. The van der Waals surface area contributed by atoms with Crippen LogP contribution in [-0.4, -0.2) is 33.3 Å². The standard InChI is InChI=1S/C16H13FN4O2S/c1-23-14-6-5-10(7-13(14)22)9-18-21-15(19-20-16(21)24)11-3-2-4-12(17)8-11/h2-9,22H,1H3,(H,20,24)/b18-9-. The van der Waals surface area contributed by atoms with Crippen molar-refractivity contribution >= 4 is 18.4 Å². The van der Waals surface area contributed by atoms with Gasteiger partial charge in [-0.25, -0.2) is 9.49 Å². The van der Waals surface area contributed by atoms with Crippen LogP contribution in [0.1, 0.15) is 5.56 Å². The highest BCUT2D eigenvalue weighted by Gasteiger charge is 2.09. The Morgan fingerprint density at radius 3 is 2.88 bits per heavy atom. The summed E-state index contributed by atoms with van der Waals surface area (Å²) in [5.74, 6) is 0.376. The fraction of sp³-hybridized carbons (Fsp3) is 0.0625. The average Bonchev–Trinajstić information content (AvgIpc) is 2.94. The molecule has 0 atom stereocenters. The molecular formula is C16H13FN4O2S. The van der Waals surface area contributed by atoms with Crippen LogP contribution in [0, 0.1) is 10.6 Å². The molecule has 0 aliphatic carbocycles. The van der Waals surface area contributed by atoms with Gasteiger partial charge in [-0.3, -0.25) is 0 Å². The Balaban J connectivity index is 1.97. The van der Waals surface area contributed by atoms with Crippen molar-refractivity contribution in [2.75, 3.05) is 7.11 Å². The van der Waals surface area contributed by atoms with Crippen LogP contribution in [0.4, 0.5) is 4.39 Å². The number of hydrogen-bond acceptors (Lipinski definition) is 5. The molecule has 0 saturated heterocycles. The second kappa shape index (κ2) is 6.63. The van der Waals surface area contributed by atoms with Crippen molar-refractivity contribution in [3.05, 3.63) is 58.6 Å². The zero-order valence-corrected chi connectivity index (χ0v) is 13.4. The first-order valence-corrected chi connectivity index (χ1v) is 7.34. The van der Waals surface area contributed by atoms with Crippen molar-refractivity contribution in [2.24, 2.45) is 5.10 Å². The van der Waals surface area contributed by atoms with Gasteiger partial charge in [0.2, 0.25) is 4.77 Å². The van der Waals surface area contributed by atoms with Crippen molar-refractivity contribution in [2.45, 2.75) is 0 Å². The third-order valence-corrected chi connectivity index (χ3v) is 3.52. The number of H-pyrrole nitrogens is 1. The van der Waals surface area contributed by atoms with Gasteiger partial charge in [-0.1, -0.05) is 12.1 Å². The molecule has 6 nitrogen and oxygen atoms in total. The molecule has 0 spiro atoms. The number of aromatic hydroxyl groups is 1. The summed E-state index contributed by atoms with van der Waals surface area (Å²) < 4.78 is 20.0.